The van der Waals surface area contributed by atoms with E-state index in [0.717, 1.165) is 24.2 Å². The van der Waals surface area contributed by atoms with Crippen LogP contribution in [0.2, 0.25) is 5.02 Å². The van der Waals surface area contributed by atoms with E-state index in [1.165, 1.54) is 31.7 Å². The quantitative estimate of drug-likeness (QED) is 0.826. The summed E-state index contributed by atoms with van der Waals surface area (Å²) in [6.07, 6.45) is 7.34. The summed E-state index contributed by atoms with van der Waals surface area (Å²) in [5.41, 5.74) is 0.736. The van der Waals surface area contributed by atoms with Gasteiger partial charge in [0.2, 0.25) is 0 Å². The van der Waals surface area contributed by atoms with Gasteiger partial charge in [-0.05, 0) is 31.0 Å². The van der Waals surface area contributed by atoms with E-state index in [1.807, 2.05) is 0 Å². The fourth-order valence-corrected chi connectivity index (χ4v) is 2.88. The Morgan fingerprint density at radius 3 is 2.60 bits per heavy atom. The normalized spacial score (nSPS) is 17.1. The molecular weight excluding hydrogens is 276 g/mol. The number of hydrogen-bond acceptors (Lipinski definition) is 4. The first kappa shape index (κ1) is 13.4. The van der Waals surface area contributed by atoms with Gasteiger partial charge in [-0.15, -0.1) is 0 Å². The minimum Gasteiger partial charge on any atom is -0.506 e. The monoisotopic (exact) mass is 292 g/mol. The van der Waals surface area contributed by atoms with Crippen LogP contribution in [-0.2, 0) is 0 Å². The highest BCUT2D eigenvalue weighted by Gasteiger charge is 2.20. The van der Waals surface area contributed by atoms with Crippen molar-refractivity contribution >= 4 is 11.6 Å². The first-order chi connectivity index (χ1) is 9.74. The van der Waals surface area contributed by atoms with Gasteiger partial charge < -0.3 is 9.63 Å². The Bertz CT molecular complexity index is 589. The van der Waals surface area contributed by atoms with Gasteiger partial charge in [-0.1, -0.05) is 42.4 Å². The lowest BCUT2D eigenvalue weighted by Gasteiger charge is -2.07. The molecule has 4 nitrogen and oxygen atoms in total. The van der Waals surface area contributed by atoms with Gasteiger partial charge in [0.15, 0.2) is 5.82 Å². The molecule has 0 radical (unpaired) electrons. The number of nitrogens with zero attached hydrogens (tertiary/aromatic N) is 2. The minimum atomic E-state index is 0.0546. The molecule has 1 N–H and O–H groups in total. The van der Waals surface area contributed by atoms with Gasteiger partial charge in [0, 0.05) is 11.5 Å². The van der Waals surface area contributed by atoms with Crippen LogP contribution in [0.5, 0.6) is 5.75 Å². The van der Waals surface area contributed by atoms with Gasteiger partial charge in [-0.25, -0.2) is 0 Å². The van der Waals surface area contributed by atoms with Gasteiger partial charge in [0.1, 0.15) is 5.75 Å². The molecule has 0 saturated heterocycles. The van der Waals surface area contributed by atoms with Crippen molar-refractivity contribution in [3.05, 3.63) is 29.0 Å². The van der Waals surface area contributed by atoms with Crippen molar-refractivity contribution in [2.75, 3.05) is 0 Å². The molecule has 0 aliphatic heterocycles. The lowest BCUT2D eigenvalue weighted by Crippen LogP contribution is -1.99. The van der Waals surface area contributed by atoms with E-state index in [1.54, 1.807) is 12.1 Å². The summed E-state index contributed by atoms with van der Waals surface area (Å²) in [5, 5.41) is 13.8. The standard InChI is InChI=1S/C15H17ClN2O2/c16-12-9-11(7-8-13(12)19)15-17-14(18-20-15)10-5-3-1-2-4-6-10/h7-10,19H,1-6H2. The maximum absolute atomic E-state index is 9.43. The Labute approximate surface area is 122 Å². The molecule has 1 heterocycles. The molecule has 1 saturated carbocycles. The first-order valence-electron chi connectivity index (χ1n) is 7.06. The zero-order valence-electron chi connectivity index (χ0n) is 11.2. The number of benzene rings is 1. The number of phenolic OH excluding ortho intramolecular Hbond substituents is 1. The topological polar surface area (TPSA) is 59.2 Å². The molecule has 0 unspecified atom stereocenters. The van der Waals surface area contributed by atoms with E-state index < -0.39 is 0 Å². The third kappa shape index (κ3) is 2.80. The predicted octanol–water partition coefficient (Wildman–Crippen LogP) is 4.53. The van der Waals surface area contributed by atoms with E-state index in [-0.39, 0.29) is 10.8 Å². The fraction of sp³-hybridized carbons (Fsp3) is 0.467. The molecule has 106 valence electrons. The number of phenols is 1. The average molecular weight is 293 g/mol. The second-order valence-electron chi connectivity index (χ2n) is 5.31. The van der Waals surface area contributed by atoms with E-state index in [0.29, 0.717) is 11.8 Å². The van der Waals surface area contributed by atoms with Crippen LogP contribution >= 0.6 is 11.6 Å². The lowest BCUT2D eigenvalue weighted by molar-refractivity contribution is 0.410. The number of rotatable bonds is 2. The Kier molecular flexibility index (Phi) is 3.92. The summed E-state index contributed by atoms with van der Waals surface area (Å²) in [5.74, 6) is 1.72. The molecule has 1 aliphatic carbocycles. The molecule has 0 spiro atoms. The second kappa shape index (κ2) is 5.83. The zero-order chi connectivity index (χ0) is 13.9. The highest BCUT2D eigenvalue weighted by molar-refractivity contribution is 6.32. The summed E-state index contributed by atoms with van der Waals surface area (Å²) < 4.78 is 5.34. The summed E-state index contributed by atoms with van der Waals surface area (Å²) in [6, 6.07) is 4.90. The number of aromatic nitrogens is 2. The van der Waals surface area contributed by atoms with Crippen LogP contribution in [0, 0.1) is 0 Å². The molecule has 5 heteroatoms. The van der Waals surface area contributed by atoms with Crippen molar-refractivity contribution in [1.29, 1.82) is 0 Å². The molecule has 3 rings (SSSR count). The number of aromatic hydroxyl groups is 1. The van der Waals surface area contributed by atoms with Crippen molar-refractivity contribution in [3.63, 3.8) is 0 Å². The molecule has 1 aromatic carbocycles. The van der Waals surface area contributed by atoms with Crippen molar-refractivity contribution < 1.29 is 9.63 Å². The Morgan fingerprint density at radius 1 is 1.15 bits per heavy atom. The molecule has 2 aromatic rings. The van der Waals surface area contributed by atoms with Crippen molar-refractivity contribution in [2.24, 2.45) is 0 Å². The zero-order valence-corrected chi connectivity index (χ0v) is 11.9. The molecule has 20 heavy (non-hydrogen) atoms. The van der Waals surface area contributed by atoms with E-state index >= 15 is 0 Å². The number of halogens is 1. The van der Waals surface area contributed by atoms with Crippen LogP contribution in [0.25, 0.3) is 11.5 Å². The largest absolute Gasteiger partial charge is 0.506 e. The van der Waals surface area contributed by atoms with E-state index in [4.69, 9.17) is 16.1 Å². The minimum absolute atomic E-state index is 0.0546. The van der Waals surface area contributed by atoms with Crippen LogP contribution in [0.15, 0.2) is 22.7 Å². The smallest absolute Gasteiger partial charge is 0.257 e. The Hall–Kier alpha value is -1.55. The molecular formula is C15H17ClN2O2. The van der Waals surface area contributed by atoms with E-state index in [9.17, 15) is 5.11 Å². The van der Waals surface area contributed by atoms with Gasteiger partial charge >= 0.3 is 0 Å². The van der Waals surface area contributed by atoms with Crippen molar-refractivity contribution in [2.45, 2.75) is 44.4 Å². The van der Waals surface area contributed by atoms with Crippen molar-refractivity contribution in [1.82, 2.24) is 10.1 Å². The first-order valence-corrected chi connectivity index (χ1v) is 7.44. The highest BCUT2D eigenvalue weighted by Crippen LogP contribution is 2.32. The SMILES string of the molecule is Oc1ccc(-c2nc(C3CCCCCC3)no2)cc1Cl. The average Bonchev–Trinajstić information content (AvgIpc) is 2.78. The van der Waals surface area contributed by atoms with E-state index in [2.05, 4.69) is 10.1 Å². The molecule has 0 bridgehead atoms. The highest BCUT2D eigenvalue weighted by atomic mass is 35.5. The Balaban J connectivity index is 1.83. The summed E-state index contributed by atoms with van der Waals surface area (Å²) >= 11 is 5.90. The van der Waals surface area contributed by atoms with Gasteiger partial charge in [0.05, 0.1) is 5.02 Å². The predicted molar refractivity (Wildman–Crippen MR) is 76.9 cm³/mol. The maximum atomic E-state index is 9.43. The van der Waals surface area contributed by atoms with Gasteiger partial charge in [-0.2, -0.15) is 4.98 Å². The Morgan fingerprint density at radius 2 is 1.90 bits per heavy atom. The molecule has 1 aliphatic rings. The van der Waals surface area contributed by atoms with Crippen LogP contribution in [0.1, 0.15) is 50.3 Å². The maximum Gasteiger partial charge on any atom is 0.257 e. The van der Waals surface area contributed by atoms with Gasteiger partial charge in [-0.3, -0.25) is 0 Å². The second-order valence-corrected chi connectivity index (χ2v) is 5.72. The lowest BCUT2D eigenvalue weighted by atomic mass is 10.00. The summed E-state index contributed by atoms with van der Waals surface area (Å²) in [4.78, 5) is 4.50. The molecule has 0 amide bonds. The van der Waals surface area contributed by atoms with Crippen LogP contribution in [0.4, 0.5) is 0 Å². The third-order valence-corrected chi connectivity index (χ3v) is 4.16. The van der Waals surface area contributed by atoms with Crippen LogP contribution in [0.3, 0.4) is 0 Å². The van der Waals surface area contributed by atoms with Crippen LogP contribution in [-0.4, -0.2) is 15.2 Å². The molecule has 1 fully saturated rings. The number of hydrogen-bond donors (Lipinski definition) is 1. The third-order valence-electron chi connectivity index (χ3n) is 3.86. The summed E-state index contributed by atoms with van der Waals surface area (Å²) in [6.45, 7) is 0. The fourth-order valence-electron chi connectivity index (χ4n) is 2.70. The summed E-state index contributed by atoms with van der Waals surface area (Å²) in [7, 11) is 0. The molecule has 0 atom stereocenters. The van der Waals surface area contributed by atoms with Gasteiger partial charge in [0.25, 0.3) is 5.89 Å². The molecule has 1 aromatic heterocycles. The van der Waals surface area contributed by atoms with Crippen molar-refractivity contribution in [3.8, 4) is 17.2 Å². The van der Waals surface area contributed by atoms with Crippen LogP contribution < -0.4 is 0 Å².